The number of hydrogen-bond acceptors (Lipinski definition) is 4. The third-order valence-corrected chi connectivity index (χ3v) is 5.90. The zero-order chi connectivity index (χ0) is 15.5. The number of halogens is 1. The van der Waals surface area contributed by atoms with E-state index in [0.29, 0.717) is 12.0 Å². The lowest BCUT2D eigenvalue weighted by molar-refractivity contribution is 0.282. The Morgan fingerprint density at radius 1 is 1.38 bits per heavy atom. The van der Waals surface area contributed by atoms with Gasteiger partial charge in [0.15, 0.2) is 0 Å². The van der Waals surface area contributed by atoms with E-state index in [1.54, 1.807) is 0 Å². The Morgan fingerprint density at radius 2 is 2.14 bits per heavy atom. The van der Waals surface area contributed by atoms with Gasteiger partial charge in [0.1, 0.15) is 0 Å². The lowest BCUT2D eigenvalue weighted by atomic mass is 10.2. The first-order valence-electron chi connectivity index (χ1n) is 6.43. The highest BCUT2D eigenvalue weighted by atomic mass is 35.5. The van der Waals surface area contributed by atoms with Gasteiger partial charge in [0.05, 0.1) is 17.5 Å². The Balaban J connectivity index is 2.27. The molecule has 0 fully saturated rings. The number of aliphatic hydroxyl groups is 1. The van der Waals surface area contributed by atoms with Crippen molar-refractivity contribution in [3.63, 3.8) is 0 Å². The van der Waals surface area contributed by atoms with Crippen molar-refractivity contribution in [2.24, 2.45) is 0 Å². The molecular formula is C14H16ClNO3S2. The maximum absolute atomic E-state index is 12.4. The average Bonchev–Trinajstić information content (AvgIpc) is 2.98. The second-order valence-corrected chi connectivity index (χ2v) is 7.61. The summed E-state index contributed by atoms with van der Waals surface area (Å²) in [5.41, 5.74) is 0.501. The van der Waals surface area contributed by atoms with Crippen LogP contribution in [0.5, 0.6) is 0 Å². The van der Waals surface area contributed by atoms with Gasteiger partial charge >= 0.3 is 0 Å². The van der Waals surface area contributed by atoms with Gasteiger partial charge in [0.2, 0.25) is 10.0 Å². The first-order chi connectivity index (χ1) is 9.97. The van der Waals surface area contributed by atoms with Crippen LogP contribution in [0.4, 0.5) is 0 Å². The Labute approximate surface area is 133 Å². The molecule has 0 amide bonds. The molecule has 1 aromatic heterocycles. The fraction of sp³-hybridized carbons (Fsp3) is 0.286. The summed E-state index contributed by atoms with van der Waals surface area (Å²) in [6.07, 6.45) is 0.655. The lowest BCUT2D eigenvalue weighted by Gasteiger charge is -2.16. The normalized spacial score (nSPS) is 13.3. The molecule has 0 bridgehead atoms. The molecule has 7 heteroatoms. The van der Waals surface area contributed by atoms with Crippen molar-refractivity contribution in [2.45, 2.75) is 30.9 Å². The molecule has 114 valence electrons. The summed E-state index contributed by atoms with van der Waals surface area (Å²) >= 11 is 7.47. The largest absolute Gasteiger partial charge is 0.392 e. The lowest BCUT2D eigenvalue weighted by Crippen LogP contribution is -2.27. The van der Waals surface area contributed by atoms with Crippen LogP contribution in [0, 0.1) is 0 Å². The van der Waals surface area contributed by atoms with Crippen LogP contribution in [0.15, 0.2) is 40.6 Å². The molecule has 0 radical (unpaired) electrons. The molecule has 1 unspecified atom stereocenters. The second-order valence-electron chi connectivity index (χ2n) is 4.51. The third kappa shape index (κ3) is 3.84. The molecule has 2 N–H and O–H groups in total. The smallest absolute Gasteiger partial charge is 0.241 e. The summed E-state index contributed by atoms with van der Waals surface area (Å²) in [5, 5.41) is 11.2. The Hall–Kier alpha value is -0.920. The topological polar surface area (TPSA) is 66.4 Å². The van der Waals surface area contributed by atoms with E-state index in [1.807, 2.05) is 24.4 Å². The molecule has 2 rings (SSSR count). The summed E-state index contributed by atoms with van der Waals surface area (Å²) in [7, 11) is -3.65. The number of hydrogen-bond donors (Lipinski definition) is 2. The Morgan fingerprint density at radius 3 is 2.67 bits per heavy atom. The van der Waals surface area contributed by atoms with E-state index in [9.17, 15) is 8.42 Å². The minimum atomic E-state index is -3.65. The monoisotopic (exact) mass is 345 g/mol. The van der Waals surface area contributed by atoms with Gasteiger partial charge in [-0.3, -0.25) is 0 Å². The van der Waals surface area contributed by atoms with Crippen LogP contribution in [-0.4, -0.2) is 13.5 Å². The van der Waals surface area contributed by atoms with E-state index in [4.69, 9.17) is 16.7 Å². The molecule has 0 spiro atoms. The van der Waals surface area contributed by atoms with Crippen LogP contribution < -0.4 is 4.72 Å². The molecule has 0 aliphatic heterocycles. The van der Waals surface area contributed by atoms with Crippen molar-refractivity contribution in [1.29, 1.82) is 0 Å². The summed E-state index contributed by atoms with van der Waals surface area (Å²) in [6, 6.07) is 7.86. The van der Waals surface area contributed by atoms with Crippen LogP contribution in [0.1, 0.15) is 29.8 Å². The number of sulfonamides is 1. The Bertz CT molecular complexity index is 699. The maximum Gasteiger partial charge on any atom is 0.241 e. The van der Waals surface area contributed by atoms with E-state index in [1.165, 1.54) is 29.5 Å². The Kier molecular flexibility index (Phi) is 5.40. The number of benzene rings is 1. The number of aliphatic hydroxyl groups excluding tert-OH is 1. The first kappa shape index (κ1) is 16.5. The fourth-order valence-corrected chi connectivity index (χ4v) is 4.48. The molecule has 4 nitrogen and oxygen atoms in total. The molecule has 0 saturated heterocycles. The number of nitrogens with one attached hydrogen (secondary N) is 1. The molecule has 1 heterocycles. The van der Waals surface area contributed by atoms with Crippen molar-refractivity contribution >= 4 is 33.0 Å². The molecular weight excluding hydrogens is 330 g/mol. The SMILES string of the molecule is CCC(NS(=O)(=O)c1ccc(CO)c(Cl)c1)c1cccs1. The van der Waals surface area contributed by atoms with E-state index in [2.05, 4.69) is 4.72 Å². The molecule has 0 aliphatic rings. The van der Waals surface area contributed by atoms with Crippen LogP contribution >= 0.6 is 22.9 Å². The minimum Gasteiger partial charge on any atom is -0.392 e. The minimum absolute atomic E-state index is 0.0970. The van der Waals surface area contributed by atoms with E-state index < -0.39 is 10.0 Å². The van der Waals surface area contributed by atoms with Crippen LogP contribution in [0.2, 0.25) is 5.02 Å². The summed E-state index contributed by atoms with van der Waals surface area (Å²) in [6.45, 7) is 1.70. The predicted octanol–water partition coefficient (Wildman–Crippen LogP) is 3.32. The molecule has 1 aromatic carbocycles. The number of thiophene rings is 1. The van der Waals surface area contributed by atoms with E-state index in [0.717, 1.165) is 4.88 Å². The van der Waals surface area contributed by atoms with Gasteiger partial charge in [-0.05, 0) is 35.6 Å². The van der Waals surface area contributed by atoms with Crippen molar-refractivity contribution in [2.75, 3.05) is 0 Å². The second kappa shape index (κ2) is 6.89. The van der Waals surface area contributed by atoms with Gasteiger partial charge in [-0.15, -0.1) is 11.3 Å². The molecule has 1 atom stereocenters. The molecule has 21 heavy (non-hydrogen) atoms. The standard InChI is InChI=1S/C14H16ClNO3S2/c1-2-13(14-4-3-7-20-14)16-21(18,19)11-6-5-10(9-17)12(15)8-11/h3-8,13,16-17H,2,9H2,1H3. The van der Waals surface area contributed by atoms with Crippen molar-refractivity contribution in [3.05, 3.63) is 51.2 Å². The maximum atomic E-state index is 12.4. The first-order valence-corrected chi connectivity index (χ1v) is 9.17. The average molecular weight is 346 g/mol. The summed E-state index contributed by atoms with van der Waals surface area (Å²) in [4.78, 5) is 1.07. The van der Waals surface area contributed by atoms with Crippen molar-refractivity contribution in [3.8, 4) is 0 Å². The highest BCUT2D eigenvalue weighted by Crippen LogP contribution is 2.26. The quantitative estimate of drug-likeness (QED) is 0.844. The molecule has 0 aliphatic carbocycles. The molecule has 2 aromatic rings. The van der Waals surface area contributed by atoms with Gasteiger partial charge in [-0.2, -0.15) is 0 Å². The highest BCUT2D eigenvalue weighted by molar-refractivity contribution is 7.89. The summed E-state index contributed by atoms with van der Waals surface area (Å²) < 4.78 is 27.5. The van der Waals surface area contributed by atoms with Crippen LogP contribution in [-0.2, 0) is 16.6 Å². The van der Waals surface area contributed by atoms with Crippen molar-refractivity contribution in [1.82, 2.24) is 4.72 Å². The zero-order valence-electron chi connectivity index (χ0n) is 11.4. The van der Waals surface area contributed by atoms with Gasteiger partial charge in [-0.25, -0.2) is 13.1 Å². The fourth-order valence-electron chi connectivity index (χ4n) is 1.91. The van der Waals surface area contributed by atoms with Gasteiger partial charge in [-0.1, -0.05) is 30.7 Å². The van der Waals surface area contributed by atoms with Gasteiger partial charge in [0.25, 0.3) is 0 Å². The van der Waals surface area contributed by atoms with Gasteiger partial charge in [0, 0.05) is 9.90 Å². The number of rotatable bonds is 6. The van der Waals surface area contributed by atoms with Crippen molar-refractivity contribution < 1.29 is 13.5 Å². The third-order valence-electron chi connectivity index (χ3n) is 3.10. The summed E-state index contributed by atoms with van der Waals surface area (Å²) in [5.74, 6) is 0. The highest BCUT2D eigenvalue weighted by Gasteiger charge is 2.21. The van der Waals surface area contributed by atoms with E-state index in [-0.39, 0.29) is 22.6 Å². The molecule has 0 saturated carbocycles. The van der Waals surface area contributed by atoms with Crippen LogP contribution in [0.25, 0.3) is 0 Å². The van der Waals surface area contributed by atoms with Gasteiger partial charge < -0.3 is 5.11 Å². The van der Waals surface area contributed by atoms with E-state index >= 15 is 0 Å². The van der Waals surface area contributed by atoms with Crippen LogP contribution in [0.3, 0.4) is 0 Å². The zero-order valence-corrected chi connectivity index (χ0v) is 13.8. The predicted molar refractivity (Wildman–Crippen MR) is 85.0 cm³/mol.